The molecular formula is C11H20F2N2O2. The molecule has 6 heteroatoms. The summed E-state index contributed by atoms with van der Waals surface area (Å²) in [7, 11) is 0. The molecule has 0 bridgehead atoms. The van der Waals surface area contributed by atoms with Gasteiger partial charge in [-0.15, -0.1) is 0 Å². The molecule has 0 aliphatic heterocycles. The molecule has 100 valence electrons. The molecule has 0 spiro atoms. The standard InChI is InChI=1S/C11H20F2N2O2/c1-10(2,3)17-9(16)15-8-4-7(14)5-11(12,13)6-8/h7-8H,4-6,14H2,1-3H3,(H,15,16). The van der Waals surface area contributed by atoms with Gasteiger partial charge in [0.25, 0.3) is 5.92 Å². The monoisotopic (exact) mass is 250 g/mol. The smallest absolute Gasteiger partial charge is 0.407 e. The first kappa shape index (κ1) is 14.2. The Bertz CT molecular complexity index is 290. The van der Waals surface area contributed by atoms with Gasteiger partial charge in [0, 0.05) is 24.9 Å². The molecule has 1 amide bonds. The first-order valence-corrected chi connectivity index (χ1v) is 5.70. The zero-order valence-electron chi connectivity index (χ0n) is 10.4. The average molecular weight is 250 g/mol. The minimum atomic E-state index is -2.81. The number of carbonyl (C=O) groups excluding carboxylic acids is 1. The lowest BCUT2D eigenvalue weighted by atomic mass is 9.88. The van der Waals surface area contributed by atoms with E-state index in [9.17, 15) is 13.6 Å². The van der Waals surface area contributed by atoms with Gasteiger partial charge in [-0.25, -0.2) is 13.6 Å². The van der Waals surface area contributed by atoms with Gasteiger partial charge < -0.3 is 15.8 Å². The van der Waals surface area contributed by atoms with Gasteiger partial charge in [-0.1, -0.05) is 0 Å². The van der Waals surface area contributed by atoms with Crippen molar-refractivity contribution in [3.8, 4) is 0 Å². The van der Waals surface area contributed by atoms with Crippen LogP contribution in [-0.4, -0.2) is 29.7 Å². The number of alkyl carbamates (subject to hydrolysis) is 1. The molecule has 2 atom stereocenters. The molecule has 0 aromatic carbocycles. The highest BCUT2D eigenvalue weighted by Crippen LogP contribution is 2.32. The van der Waals surface area contributed by atoms with E-state index >= 15 is 0 Å². The van der Waals surface area contributed by atoms with E-state index in [0.717, 1.165) is 0 Å². The quantitative estimate of drug-likeness (QED) is 0.748. The Morgan fingerprint density at radius 2 is 2.00 bits per heavy atom. The van der Waals surface area contributed by atoms with Crippen molar-refractivity contribution >= 4 is 6.09 Å². The molecule has 1 rings (SSSR count). The number of hydrogen-bond donors (Lipinski definition) is 2. The summed E-state index contributed by atoms with van der Waals surface area (Å²) in [5, 5.41) is 2.44. The van der Waals surface area contributed by atoms with Crippen molar-refractivity contribution in [2.75, 3.05) is 0 Å². The predicted octanol–water partition coefficient (Wildman–Crippen LogP) is 2.03. The minimum Gasteiger partial charge on any atom is -0.444 e. The van der Waals surface area contributed by atoms with Crippen molar-refractivity contribution in [2.24, 2.45) is 5.73 Å². The topological polar surface area (TPSA) is 64.3 Å². The number of alkyl halides is 2. The summed E-state index contributed by atoms with van der Waals surface area (Å²) < 4.78 is 31.5. The number of halogens is 2. The fraction of sp³-hybridized carbons (Fsp3) is 0.909. The van der Waals surface area contributed by atoms with Crippen LogP contribution in [0.15, 0.2) is 0 Å². The van der Waals surface area contributed by atoms with Crippen molar-refractivity contribution < 1.29 is 18.3 Å². The molecule has 4 nitrogen and oxygen atoms in total. The van der Waals surface area contributed by atoms with Gasteiger partial charge in [-0.2, -0.15) is 0 Å². The normalized spacial score (nSPS) is 28.6. The summed E-state index contributed by atoms with van der Waals surface area (Å²) in [5.41, 5.74) is 4.90. The van der Waals surface area contributed by atoms with Gasteiger partial charge in [0.05, 0.1) is 0 Å². The van der Waals surface area contributed by atoms with E-state index in [1.165, 1.54) is 0 Å². The molecule has 0 radical (unpaired) electrons. The van der Waals surface area contributed by atoms with Crippen LogP contribution >= 0.6 is 0 Å². The van der Waals surface area contributed by atoms with Gasteiger partial charge in [0.15, 0.2) is 0 Å². The average Bonchev–Trinajstić information content (AvgIpc) is 1.93. The number of nitrogens with one attached hydrogen (secondary N) is 1. The highest BCUT2D eigenvalue weighted by atomic mass is 19.3. The van der Waals surface area contributed by atoms with E-state index in [1.54, 1.807) is 20.8 Å². The summed E-state index contributed by atoms with van der Waals surface area (Å²) in [6.45, 7) is 5.15. The lowest BCUT2D eigenvalue weighted by molar-refractivity contribution is -0.0506. The van der Waals surface area contributed by atoms with Crippen molar-refractivity contribution in [1.29, 1.82) is 0 Å². The lowest BCUT2D eigenvalue weighted by Gasteiger charge is -2.33. The highest BCUT2D eigenvalue weighted by molar-refractivity contribution is 5.68. The first-order chi connectivity index (χ1) is 7.57. The molecule has 0 saturated heterocycles. The van der Waals surface area contributed by atoms with Gasteiger partial charge in [-0.05, 0) is 27.2 Å². The van der Waals surface area contributed by atoms with Crippen LogP contribution in [0.4, 0.5) is 13.6 Å². The van der Waals surface area contributed by atoms with Crippen LogP contribution in [0.25, 0.3) is 0 Å². The second-order valence-corrected chi connectivity index (χ2v) is 5.60. The van der Waals surface area contributed by atoms with Crippen LogP contribution in [-0.2, 0) is 4.74 Å². The zero-order chi connectivity index (χ0) is 13.3. The maximum Gasteiger partial charge on any atom is 0.407 e. The number of rotatable bonds is 1. The maximum atomic E-state index is 13.2. The summed E-state index contributed by atoms with van der Waals surface area (Å²) in [4.78, 5) is 11.4. The first-order valence-electron chi connectivity index (χ1n) is 5.70. The van der Waals surface area contributed by atoms with Gasteiger partial charge in [0.2, 0.25) is 0 Å². The number of ether oxygens (including phenoxy) is 1. The largest absolute Gasteiger partial charge is 0.444 e. The third kappa shape index (κ3) is 5.30. The third-order valence-electron chi connectivity index (χ3n) is 2.41. The van der Waals surface area contributed by atoms with Crippen LogP contribution < -0.4 is 11.1 Å². The Morgan fingerprint density at radius 1 is 1.41 bits per heavy atom. The SMILES string of the molecule is CC(C)(C)OC(=O)NC1CC(N)CC(F)(F)C1. The zero-order valence-corrected chi connectivity index (χ0v) is 10.4. The molecule has 3 N–H and O–H groups in total. The van der Waals surface area contributed by atoms with Crippen molar-refractivity contribution in [3.63, 3.8) is 0 Å². The molecule has 2 unspecified atom stereocenters. The van der Waals surface area contributed by atoms with Crippen molar-refractivity contribution in [1.82, 2.24) is 5.32 Å². The molecule has 0 heterocycles. The summed E-state index contributed by atoms with van der Waals surface area (Å²) in [6, 6.07) is -1.21. The highest BCUT2D eigenvalue weighted by Gasteiger charge is 2.40. The Labute approximate surface area is 99.9 Å². The molecule has 1 aliphatic rings. The molecule has 1 aliphatic carbocycles. The van der Waals surface area contributed by atoms with Crippen LogP contribution in [0.2, 0.25) is 0 Å². The molecular weight excluding hydrogens is 230 g/mol. The Kier molecular flexibility index (Phi) is 3.96. The van der Waals surface area contributed by atoms with Crippen LogP contribution in [0.5, 0.6) is 0 Å². The Balaban J connectivity index is 2.49. The summed E-state index contributed by atoms with van der Waals surface area (Å²) in [6.07, 6.45) is -1.01. The second-order valence-electron chi connectivity index (χ2n) is 5.60. The Hall–Kier alpha value is -0.910. The van der Waals surface area contributed by atoms with Gasteiger partial charge in [-0.3, -0.25) is 0 Å². The van der Waals surface area contributed by atoms with Crippen LogP contribution in [0.1, 0.15) is 40.0 Å². The summed E-state index contributed by atoms with van der Waals surface area (Å²) in [5.74, 6) is -2.81. The predicted molar refractivity (Wildman–Crippen MR) is 59.9 cm³/mol. The fourth-order valence-electron chi connectivity index (χ4n) is 1.94. The van der Waals surface area contributed by atoms with Crippen molar-refractivity contribution in [3.05, 3.63) is 0 Å². The number of carbonyl (C=O) groups is 1. The fourth-order valence-corrected chi connectivity index (χ4v) is 1.94. The molecule has 0 aromatic rings. The molecule has 0 aromatic heterocycles. The van der Waals surface area contributed by atoms with E-state index in [2.05, 4.69) is 5.32 Å². The molecule has 17 heavy (non-hydrogen) atoms. The van der Waals surface area contributed by atoms with E-state index in [1.807, 2.05) is 0 Å². The number of amides is 1. The molecule has 1 fully saturated rings. The third-order valence-corrected chi connectivity index (χ3v) is 2.41. The second kappa shape index (κ2) is 4.76. The maximum absolute atomic E-state index is 13.2. The van der Waals surface area contributed by atoms with E-state index in [-0.39, 0.29) is 12.8 Å². The van der Waals surface area contributed by atoms with E-state index < -0.39 is 29.7 Å². The van der Waals surface area contributed by atoms with Gasteiger partial charge in [0.1, 0.15) is 5.60 Å². The molecule has 1 saturated carbocycles. The van der Waals surface area contributed by atoms with E-state index in [4.69, 9.17) is 10.5 Å². The number of hydrogen-bond acceptors (Lipinski definition) is 3. The number of nitrogens with two attached hydrogens (primary N) is 1. The minimum absolute atomic E-state index is 0.320. The summed E-state index contributed by atoms with van der Waals surface area (Å²) >= 11 is 0. The van der Waals surface area contributed by atoms with Crippen molar-refractivity contribution in [2.45, 2.75) is 63.6 Å². The Morgan fingerprint density at radius 3 is 2.47 bits per heavy atom. The van der Waals surface area contributed by atoms with E-state index in [0.29, 0.717) is 6.42 Å². The van der Waals surface area contributed by atoms with Crippen LogP contribution in [0.3, 0.4) is 0 Å². The van der Waals surface area contributed by atoms with Crippen LogP contribution in [0, 0.1) is 0 Å². The lowest BCUT2D eigenvalue weighted by Crippen LogP contribution is -2.49. The van der Waals surface area contributed by atoms with Gasteiger partial charge >= 0.3 is 6.09 Å².